The molecule has 3 rings (SSSR count). The summed E-state index contributed by atoms with van der Waals surface area (Å²) in [6, 6.07) is 8.43. The Morgan fingerprint density at radius 2 is 2.00 bits per heavy atom. The third-order valence-corrected chi connectivity index (χ3v) is 5.64. The van der Waals surface area contributed by atoms with E-state index in [1.165, 1.54) is 10.0 Å². The minimum atomic E-state index is 0.732. The van der Waals surface area contributed by atoms with E-state index in [2.05, 4.69) is 73.5 Å². The molecule has 2 aromatic rings. The maximum Gasteiger partial charge on any atom is 0.169 e. The van der Waals surface area contributed by atoms with E-state index in [1.54, 1.807) is 0 Å². The Kier molecular flexibility index (Phi) is 6.45. The van der Waals surface area contributed by atoms with Gasteiger partial charge in [-0.25, -0.2) is 0 Å². The monoisotopic (exact) mass is 421 g/mol. The lowest BCUT2D eigenvalue weighted by molar-refractivity contribution is 0.174. The SMILES string of the molecule is CCn1cc(CNC(=S)N2CCN(Cc3ccccc3Br)CC2)cn1. The summed E-state index contributed by atoms with van der Waals surface area (Å²) in [5.74, 6) is 0. The maximum atomic E-state index is 5.56. The van der Waals surface area contributed by atoms with Crippen molar-refractivity contribution in [1.82, 2.24) is 24.9 Å². The van der Waals surface area contributed by atoms with Gasteiger partial charge in [-0.05, 0) is 30.8 Å². The molecule has 0 radical (unpaired) electrons. The number of halogens is 1. The van der Waals surface area contributed by atoms with Crippen LogP contribution >= 0.6 is 28.1 Å². The van der Waals surface area contributed by atoms with Gasteiger partial charge in [-0.2, -0.15) is 5.10 Å². The number of hydrogen-bond donors (Lipinski definition) is 1. The Bertz CT molecular complexity index is 709. The number of benzene rings is 1. The van der Waals surface area contributed by atoms with Crippen molar-refractivity contribution in [2.45, 2.75) is 26.6 Å². The van der Waals surface area contributed by atoms with E-state index in [9.17, 15) is 0 Å². The molecular formula is C18H24BrN5S. The van der Waals surface area contributed by atoms with Gasteiger partial charge in [0.25, 0.3) is 0 Å². The first kappa shape index (κ1) is 18.4. The highest BCUT2D eigenvalue weighted by atomic mass is 79.9. The summed E-state index contributed by atoms with van der Waals surface area (Å²) in [5.41, 5.74) is 2.50. The van der Waals surface area contributed by atoms with Crippen molar-refractivity contribution in [2.24, 2.45) is 0 Å². The highest BCUT2D eigenvalue weighted by Crippen LogP contribution is 2.18. The fourth-order valence-electron chi connectivity index (χ4n) is 2.94. The lowest BCUT2D eigenvalue weighted by atomic mass is 10.2. The molecule has 5 nitrogen and oxygen atoms in total. The normalized spacial score (nSPS) is 15.4. The Labute approximate surface area is 163 Å². The van der Waals surface area contributed by atoms with Crippen molar-refractivity contribution >= 4 is 33.3 Å². The number of aromatic nitrogens is 2. The number of rotatable bonds is 5. The van der Waals surface area contributed by atoms with Crippen LogP contribution in [0.2, 0.25) is 0 Å². The van der Waals surface area contributed by atoms with Crippen LogP contribution < -0.4 is 5.32 Å². The summed E-state index contributed by atoms with van der Waals surface area (Å²) in [7, 11) is 0. The number of nitrogens with one attached hydrogen (secondary N) is 1. The molecule has 1 fully saturated rings. The largest absolute Gasteiger partial charge is 0.358 e. The first-order valence-electron chi connectivity index (χ1n) is 8.65. The lowest BCUT2D eigenvalue weighted by Gasteiger charge is -2.36. The molecule has 0 aliphatic carbocycles. The molecular weight excluding hydrogens is 398 g/mol. The van der Waals surface area contributed by atoms with Crippen molar-refractivity contribution < 1.29 is 0 Å². The third kappa shape index (κ3) is 5.03. The lowest BCUT2D eigenvalue weighted by Crippen LogP contribution is -2.51. The molecule has 1 aromatic carbocycles. The molecule has 0 amide bonds. The molecule has 0 atom stereocenters. The standard InChI is InChI=1S/C18H24BrN5S/c1-2-24-13-15(12-21-24)11-20-18(25)23-9-7-22(8-10-23)14-16-5-3-4-6-17(16)19/h3-6,12-13H,2,7-11,14H2,1H3,(H,20,25). The van der Waals surface area contributed by atoms with Crippen LogP contribution in [-0.4, -0.2) is 50.9 Å². The molecule has 0 saturated carbocycles. The zero-order chi connectivity index (χ0) is 17.6. The van der Waals surface area contributed by atoms with Gasteiger partial charge in [0.1, 0.15) is 0 Å². The van der Waals surface area contributed by atoms with Crippen molar-refractivity contribution in [3.63, 3.8) is 0 Å². The van der Waals surface area contributed by atoms with Gasteiger partial charge >= 0.3 is 0 Å². The number of piperazine rings is 1. The molecule has 0 bridgehead atoms. The summed E-state index contributed by atoms with van der Waals surface area (Å²) in [4.78, 5) is 4.74. The highest BCUT2D eigenvalue weighted by Gasteiger charge is 2.19. The number of nitrogens with zero attached hydrogens (tertiary/aromatic N) is 4. The van der Waals surface area contributed by atoms with Crippen LogP contribution in [-0.2, 0) is 19.6 Å². The van der Waals surface area contributed by atoms with Crippen LogP contribution in [0, 0.1) is 0 Å². The summed E-state index contributed by atoms with van der Waals surface area (Å²) in [5, 5.41) is 8.49. The fourth-order valence-corrected chi connectivity index (χ4v) is 3.60. The van der Waals surface area contributed by atoms with Gasteiger partial charge in [0.15, 0.2) is 5.11 Å². The van der Waals surface area contributed by atoms with Gasteiger partial charge in [-0.3, -0.25) is 9.58 Å². The Morgan fingerprint density at radius 3 is 2.68 bits per heavy atom. The predicted molar refractivity (Wildman–Crippen MR) is 108 cm³/mol. The molecule has 1 aromatic heterocycles. The fraction of sp³-hybridized carbons (Fsp3) is 0.444. The molecule has 2 heterocycles. The summed E-state index contributed by atoms with van der Waals surface area (Å²) >= 11 is 9.19. The maximum absolute atomic E-state index is 5.56. The Balaban J connectivity index is 1.43. The van der Waals surface area contributed by atoms with E-state index in [-0.39, 0.29) is 0 Å². The smallest absolute Gasteiger partial charge is 0.169 e. The second-order valence-electron chi connectivity index (χ2n) is 6.22. The van der Waals surface area contributed by atoms with Crippen molar-refractivity contribution in [3.05, 3.63) is 52.3 Å². The number of hydrogen-bond acceptors (Lipinski definition) is 3. The number of thiocarbonyl (C=S) groups is 1. The van der Waals surface area contributed by atoms with Gasteiger partial charge in [-0.1, -0.05) is 34.1 Å². The summed E-state index contributed by atoms with van der Waals surface area (Å²) < 4.78 is 3.11. The molecule has 1 N–H and O–H groups in total. The molecule has 134 valence electrons. The molecule has 1 aliphatic heterocycles. The predicted octanol–water partition coefficient (Wildman–Crippen LogP) is 2.86. The Hall–Kier alpha value is -1.44. The summed E-state index contributed by atoms with van der Waals surface area (Å²) in [6.45, 7) is 8.66. The highest BCUT2D eigenvalue weighted by molar-refractivity contribution is 9.10. The first-order chi connectivity index (χ1) is 12.2. The van der Waals surface area contributed by atoms with Crippen LogP contribution in [0.3, 0.4) is 0 Å². The van der Waals surface area contributed by atoms with E-state index in [1.807, 2.05) is 10.9 Å². The second-order valence-corrected chi connectivity index (χ2v) is 7.46. The van der Waals surface area contributed by atoms with Crippen LogP contribution in [0.4, 0.5) is 0 Å². The van der Waals surface area contributed by atoms with Gasteiger partial charge in [0.2, 0.25) is 0 Å². The van der Waals surface area contributed by atoms with Crippen molar-refractivity contribution in [1.29, 1.82) is 0 Å². The van der Waals surface area contributed by atoms with Crippen LogP contribution in [0.5, 0.6) is 0 Å². The quantitative estimate of drug-likeness (QED) is 0.750. The van der Waals surface area contributed by atoms with E-state index in [4.69, 9.17) is 12.2 Å². The van der Waals surface area contributed by atoms with E-state index in [0.29, 0.717) is 0 Å². The van der Waals surface area contributed by atoms with E-state index < -0.39 is 0 Å². The molecule has 7 heteroatoms. The Morgan fingerprint density at radius 1 is 1.24 bits per heavy atom. The zero-order valence-electron chi connectivity index (χ0n) is 14.5. The molecule has 1 aliphatic rings. The zero-order valence-corrected chi connectivity index (χ0v) is 16.9. The van der Waals surface area contributed by atoms with Crippen LogP contribution in [0.25, 0.3) is 0 Å². The first-order valence-corrected chi connectivity index (χ1v) is 9.85. The molecule has 0 spiro atoms. The van der Waals surface area contributed by atoms with Crippen LogP contribution in [0.1, 0.15) is 18.1 Å². The average Bonchev–Trinajstić information content (AvgIpc) is 3.10. The van der Waals surface area contributed by atoms with Gasteiger partial charge in [-0.15, -0.1) is 0 Å². The van der Waals surface area contributed by atoms with Crippen molar-refractivity contribution in [2.75, 3.05) is 26.2 Å². The van der Waals surface area contributed by atoms with Gasteiger partial charge in [0.05, 0.1) is 6.20 Å². The molecule has 25 heavy (non-hydrogen) atoms. The third-order valence-electron chi connectivity index (χ3n) is 4.47. The topological polar surface area (TPSA) is 36.3 Å². The second kappa shape index (κ2) is 8.78. The minimum Gasteiger partial charge on any atom is -0.358 e. The summed E-state index contributed by atoms with van der Waals surface area (Å²) in [6.07, 6.45) is 3.96. The molecule has 1 saturated heterocycles. The van der Waals surface area contributed by atoms with Crippen LogP contribution in [0.15, 0.2) is 41.1 Å². The molecule has 0 unspecified atom stereocenters. The van der Waals surface area contributed by atoms with E-state index >= 15 is 0 Å². The van der Waals surface area contributed by atoms with E-state index in [0.717, 1.165) is 56.5 Å². The average molecular weight is 422 g/mol. The van der Waals surface area contributed by atoms with Crippen molar-refractivity contribution in [3.8, 4) is 0 Å². The minimum absolute atomic E-state index is 0.732. The van der Waals surface area contributed by atoms with Gasteiger partial charge in [0, 0.05) is 62.0 Å². The van der Waals surface area contributed by atoms with Gasteiger partial charge < -0.3 is 10.2 Å². The number of aryl methyl sites for hydroxylation is 1.